The van der Waals surface area contributed by atoms with Crippen LogP contribution >= 0.6 is 0 Å². The third-order valence-electron chi connectivity index (χ3n) is 2.51. The van der Waals surface area contributed by atoms with Crippen molar-refractivity contribution in [2.24, 2.45) is 0 Å². The highest BCUT2D eigenvalue weighted by Gasteiger charge is 2.05. The van der Waals surface area contributed by atoms with Crippen molar-refractivity contribution < 1.29 is 0 Å². The normalized spacial score (nSPS) is 11.1. The number of hydrogen-bond acceptors (Lipinski definition) is 1. The van der Waals surface area contributed by atoms with Crippen molar-refractivity contribution >= 4 is 29.8 Å². The van der Waals surface area contributed by atoms with Crippen molar-refractivity contribution in [2.45, 2.75) is 0 Å². The molecule has 0 N–H and O–H groups in total. The molecule has 0 atom stereocenters. The quantitative estimate of drug-likeness (QED) is 0.482. The average Bonchev–Trinajstić information content (AvgIpc) is 2.55. The molecule has 0 unspecified atom stereocenters. The van der Waals surface area contributed by atoms with E-state index in [0.717, 1.165) is 16.4 Å². The molecule has 0 aliphatic heterocycles. The first kappa shape index (κ1) is 7.62. The van der Waals surface area contributed by atoms with E-state index < -0.39 is 0 Å². The van der Waals surface area contributed by atoms with Gasteiger partial charge in [-0.05, 0) is 12.1 Å². The van der Waals surface area contributed by atoms with Crippen molar-refractivity contribution in [2.75, 3.05) is 0 Å². The Morgan fingerprint density at radius 3 is 2.71 bits per heavy atom. The van der Waals surface area contributed by atoms with Crippen LogP contribution in [0.1, 0.15) is 0 Å². The first-order valence-electron chi connectivity index (χ1n) is 4.46. The van der Waals surface area contributed by atoms with Gasteiger partial charge in [0.15, 0.2) is 0 Å². The van der Waals surface area contributed by atoms with E-state index in [1.807, 2.05) is 24.3 Å². The molecular weight excluding hydrogens is 171 g/mol. The average molecular weight is 178 g/mol. The number of benzene rings is 1. The van der Waals surface area contributed by atoms with E-state index in [1.165, 1.54) is 5.39 Å². The van der Waals surface area contributed by atoms with Crippen molar-refractivity contribution in [3.8, 4) is 0 Å². The van der Waals surface area contributed by atoms with Crippen LogP contribution in [0, 0.1) is 0 Å². The summed E-state index contributed by atoms with van der Waals surface area (Å²) in [6, 6.07) is 10.1. The summed E-state index contributed by atoms with van der Waals surface area (Å²) in [4.78, 5) is 4.07. The molecule has 0 aliphatic rings. The molecule has 0 saturated carbocycles. The molecule has 2 radical (unpaired) electrons. The van der Waals surface area contributed by atoms with Gasteiger partial charge in [-0.3, -0.25) is 4.98 Å². The van der Waals surface area contributed by atoms with Gasteiger partial charge in [-0.1, -0.05) is 18.2 Å². The van der Waals surface area contributed by atoms with Gasteiger partial charge in [-0.25, -0.2) is 0 Å². The second kappa shape index (κ2) is 2.61. The summed E-state index contributed by atoms with van der Waals surface area (Å²) in [7, 11) is 5.95. The second-order valence-corrected chi connectivity index (χ2v) is 3.28. The van der Waals surface area contributed by atoms with Gasteiger partial charge in [-0.2, -0.15) is 0 Å². The van der Waals surface area contributed by atoms with Crippen molar-refractivity contribution in [3.05, 3.63) is 42.7 Å². The molecule has 0 amide bonds. The molecule has 64 valence electrons. The van der Waals surface area contributed by atoms with E-state index in [-0.39, 0.29) is 0 Å². The second-order valence-electron chi connectivity index (χ2n) is 3.28. The fraction of sp³-hybridized carbons (Fsp3) is 0. The van der Waals surface area contributed by atoms with E-state index in [4.69, 9.17) is 7.98 Å². The van der Waals surface area contributed by atoms with E-state index in [1.54, 1.807) is 16.9 Å². The first-order valence-corrected chi connectivity index (χ1v) is 4.46. The zero-order valence-corrected chi connectivity index (χ0v) is 7.51. The van der Waals surface area contributed by atoms with Crippen LogP contribution in [0.3, 0.4) is 0 Å². The highest BCUT2D eigenvalue weighted by molar-refractivity contribution is 6.21. The predicted molar refractivity (Wildman–Crippen MR) is 58.4 cm³/mol. The van der Waals surface area contributed by atoms with Crippen LogP contribution in [-0.2, 0) is 0 Å². The fourth-order valence-corrected chi connectivity index (χ4v) is 1.85. The molecule has 1 aromatic carbocycles. The van der Waals surface area contributed by atoms with Crippen LogP contribution in [0.15, 0.2) is 42.7 Å². The Kier molecular flexibility index (Phi) is 1.42. The monoisotopic (exact) mass is 178 g/mol. The van der Waals surface area contributed by atoms with Crippen LogP contribution in [0.25, 0.3) is 21.8 Å². The smallest absolute Gasteiger partial charge is 0.234 e. The zero-order chi connectivity index (χ0) is 9.54. The standard InChI is InChI=1S/C11H7BN2/c12-14-10-4-2-1-3-8(10)9-5-6-13-7-11(9)14/h1-7H. The summed E-state index contributed by atoms with van der Waals surface area (Å²) in [6.07, 6.45) is 3.57. The Morgan fingerprint density at radius 2 is 1.79 bits per heavy atom. The van der Waals surface area contributed by atoms with Gasteiger partial charge in [0.05, 0.1) is 5.52 Å². The summed E-state index contributed by atoms with van der Waals surface area (Å²) in [6.45, 7) is 0. The largest absolute Gasteiger partial charge is 0.396 e. The molecule has 0 spiro atoms. The molecule has 2 aromatic heterocycles. The lowest BCUT2D eigenvalue weighted by atomic mass is 10.2. The van der Waals surface area contributed by atoms with E-state index in [0.29, 0.717) is 0 Å². The van der Waals surface area contributed by atoms with Gasteiger partial charge >= 0.3 is 0 Å². The molecule has 14 heavy (non-hydrogen) atoms. The van der Waals surface area contributed by atoms with Gasteiger partial charge in [0.2, 0.25) is 7.98 Å². The number of para-hydroxylation sites is 1. The minimum atomic E-state index is 0.966. The number of fused-ring (bicyclic) bond motifs is 3. The number of nitrogens with zero attached hydrogens (tertiary/aromatic N) is 2. The maximum Gasteiger partial charge on any atom is 0.234 e. The summed E-state index contributed by atoms with van der Waals surface area (Å²) in [5.41, 5.74) is 2.00. The van der Waals surface area contributed by atoms with Crippen LogP contribution in [-0.4, -0.2) is 17.4 Å². The van der Waals surface area contributed by atoms with Crippen molar-refractivity contribution in [1.82, 2.24) is 9.46 Å². The summed E-state index contributed by atoms with van der Waals surface area (Å²) in [5, 5.41) is 2.32. The maximum atomic E-state index is 5.95. The first-order chi connectivity index (χ1) is 6.88. The fourth-order valence-electron chi connectivity index (χ4n) is 1.85. The Balaban J connectivity index is 2.69. The Bertz CT molecular complexity index is 560. The molecule has 0 aliphatic carbocycles. The topological polar surface area (TPSA) is 17.8 Å². The SMILES string of the molecule is [B]n1c2ccccc2c2ccncc21. The Labute approximate surface area is 82.6 Å². The number of rotatable bonds is 0. The van der Waals surface area contributed by atoms with Crippen molar-refractivity contribution in [3.63, 3.8) is 0 Å². The molecule has 3 heteroatoms. The van der Waals surface area contributed by atoms with Gasteiger partial charge in [-0.15, -0.1) is 0 Å². The summed E-state index contributed by atoms with van der Waals surface area (Å²) < 4.78 is 1.68. The van der Waals surface area contributed by atoms with Gasteiger partial charge < -0.3 is 4.48 Å². The highest BCUT2D eigenvalue weighted by atomic mass is 14.9. The van der Waals surface area contributed by atoms with E-state index >= 15 is 0 Å². The molecule has 2 heterocycles. The van der Waals surface area contributed by atoms with Crippen LogP contribution in [0.4, 0.5) is 0 Å². The maximum absolute atomic E-state index is 5.95. The molecule has 0 fully saturated rings. The minimum Gasteiger partial charge on any atom is -0.396 e. The lowest BCUT2D eigenvalue weighted by Gasteiger charge is -1.95. The lowest BCUT2D eigenvalue weighted by molar-refractivity contribution is 1.31. The van der Waals surface area contributed by atoms with Crippen LogP contribution in [0.5, 0.6) is 0 Å². The van der Waals surface area contributed by atoms with E-state index in [9.17, 15) is 0 Å². The van der Waals surface area contributed by atoms with Crippen LogP contribution < -0.4 is 0 Å². The third-order valence-corrected chi connectivity index (χ3v) is 2.51. The lowest BCUT2D eigenvalue weighted by Crippen LogP contribution is -1.89. The number of hydrogen-bond donors (Lipinski definition) is 0. The van der Waals surface area contributed by atoms with E-state index in [2.05, 4.69) is 11.1 Å². The Morgan fingerprint density at radius 1 is 1.00 bits per heavy atom. The van der Waals surface area contributed by atoms with Gasteiger partial charge in [0.1, 0.15) is 0 Å². The molecule has 2 nitrogen and oxygen atoms in total. The number of aromatic nitrogens is 2. The summed E-state index contributed by atoms with van der Waals surface area (Å²) in [5.74, 6) is 0. The molecule has 0 bridgehead atoms. The molecule has 3 rings (SSSR count). The molecular formula is C11H7BN2. The van der Waals surface area contributed by atoms with Crippen LogP contribution in [0.2, 0.25) is 0 Å². The zero-order valence-electron chi connectivity index (χ0n) is 7.51. The van der Waals surface area contributed by atoms with Gasteiger partial charge in [0.25, 0.3) is 0 Å². The number of pyridine rings is 1. The Hall–Kier alpha value is -1.77. The van der Waals surface area contributed by atoms with Crippen molar-refractivity contribution in [1.29, 1.82) is 0 Å². The molecule has 0 saturated heterocycles. The third kappa shape index (κ3) is 0.840. The summed E-state index contributed by atoms with van der Waals surface area (Å²) >= 11 is 0. The highest BCUT2D eigenvalue weighted by Crippen LogP contribution is 2.26. The molecule has 3 aromatic rings. The predicted octanol–water partition coefficient (Wildman–Crippen LogP) is 2.12. The van der Waals surface area contributed by atoms with Gasteiger partial charge in [0, 0.05) is 28.7 Å². The minimum absolute atomic E-state index is 0.966.